The Morgan fingerprint density at radius 3 is 2.64 bits per heavy atom. The van der Waals surface area contributed by atoms with E-state index in [1.165, 1.54) is 21.7 Å². The Kier molecular flexibility index (Phi) is 4.14. The summed E-state index contributed by atoms with van der Waals surface area (Å²) in [4.78, 5) is 19.2. The van der Waals surface area contributed by atoms with Crippen LogP contribution in [0.5, 0.6) is 0 Å². The van der Waals surface area contributed by atoms with E-state index in [4.69, 9.17) is 0 Å². The van der Waals surface area contributed by atoms with Crippen molar-refractivity contribution in [2.45, 2.75) is 33.2 Å². The molecule has 0 atom stereocenters. The number of amides is 1. The molecule has 0 radical (unpaired) electrons. The Hall–Kier alpha value is -2.46. The molecule has 1 amide bonds. The number of aryl methyl sites for hydroxylation is 3. The molecule has 2 aromatic carbocycles. The summed E-state index contributed by atoms with van der Waals surface area (Å²) in [7, 11) is 0. The van der Waals surface area contributed by atoms with Gasteiger partial charge in [0.1, 0.15) is 0 Å². The van der Waals surface area contributed by atoms with Crippen LogP contribution in [0, 0.1) is 6.92 Å². The lowest BCUT2D eigenvalue weighted by atomic mass is 9.93. The van der Waals surface area contributed by atoms with E-state index in [9.17, 15) is 4.79 Å². The minimum Gasteiger partial charge on any atom is -0.316 e. The highest BCUT2D eigenvalue weighted by Crippen LogP contribution is 2.34. The lowest BCUT2D eigenvalue weighted by Gasteiger charge is -2.17. The molecule has 0 spiro atoms. The molecule has 4 rings (SSSR count). The van der Waals surface area contributed by atoms with Gasteiger partial charge in [0.15, 0.2) is 4.80 Å². The van der Waals surface area contributed by atoms with Crippen LogP contribution in [0.4, 0.5) is 0 Å². The first kappa shape index (κ1) is 16.0. The Morgan fingerprint density at radius 2 is 1.88 bits per heavy atom. The largest absolute Gasteiger partial charge is 0.316 e. The van der Waals surface area contributed by atoms with Crippen molar-refractivity contribution in [1.29, 1.82) is 0 Å². The van der Waals surface area contributed by atoms with Crippen LogP contribution in [0.2, 0.25) is 0 Å². The Bertz CT molecular complexity index is 1010. The Morgan fingerprint density at radius 1 is 1.12 bits per heavy atom. The molecule has 0 saturated carbocycles. The molecular weight excluding hydrogens is 328 g/mol. The third-order valence-electron chi connectivity index (χ3n) is 4.69. The number of hydrogen-bond acceptors (Lipinski definition) is 2. The molecule has 25 heavy (non-hydrogen) atoms. The van der Waals surface area contributed by atoms with Gasteiger partial charge >= 0.3 is 0 Å². The maximum Gasteiger partial charge on any atom is 0.279 e. The van der Waals surface area contributed by atoms with Crippen LogP contribution in [-0.2, 0) is 19.4 Å². The molecule has 0 bridgehead atoms. The monoisotopic (exact) mass is 348 g/mol. The first-order valence-corrected chi connectivity index (χ1v) is 9.45. The number of nitrogens with zero attached hydrogens (tertiary/aromatic N) is 2. The zero-order valence-electron chi connectivity index (χ0n) is 14.5. The summed E-state index contributed by atoms with van der Waals surface area (Å²) < 4.78 is 2.18. The van der Waals surface area contributed by atoms with Gasteiger partial charge in [-0.15, -0.1) is 11.3 Å². The second-order valence-corrected chi connectivity index (χ2v) is 7.40. The predicted octanol–water partition coefficient (Wildman–Crippen LogP) is 4.38. The lowest BCUT2D eigenvalue weighted by Crippen LogP contribution is -2.18. The van der Waals surface area contributed by atoms with Gasteiger partial charge in [-0.05, 0) is 44.4 Å². The van der Waals surface area contributed by atoms with Gasteiger partial charge < -0.3 is 4.57 Å². The first-order chi connectivity index (χ1) is 12.2. The van der Waals surface area contributed by atoms with Crippen molar-refractivity contribution in [2.75, 3.05) is 0 Å². The van der Waals surface area contributed by atoms with E-state index in [1.807, 2.05) is 31.2 Å². The molecular formula is C21H20N2OS. The molecule has 1 aliphatic carbocycles. The number of thiazole rings is 1. The van der Waals surface area contributed by atoms with Gasteiger partial charge in [-0.1, -0.05) is 42.0 Å². The van der Waals surface area contributed by atoms with Crippen molar-refractivity contribution in [3.8, 4) is 11.3 Å². The third kappa shape index (κ3) is 2.87. The van der Waals surface area contributed by atoms with Crippen molar-refractivity contribution < 1.29 is 4.79 Å². The maximum absolute atomic E-state index is 12.6. The molecule has 4 heteroatoms. The smallest absolute Gasteiger partial charge is 0.279 e. The van der Waals surface area contributed by atoms with Gasteiger partial charge in [0.25, 0.3) is 5.91 Å². The minimum atomic E-state index is -0.172. The first-order valence-electron chi connectivity index (χ1n) is 8.64. The normalized spacial score (nSPS) is 13.4. The van der Waals surface area contributed by atoms with Crippen molar-refractivity contribution in [2.24, 2.45) is 4.99 Å². The van der Waals surface area contributed by atoms with Crippen LogP contribution in [0.3, 0.4) is 0 Å². The number of rotatable bonds is 2. The van der Waals surface area contributed by atoms with E-state index in [-0.39, 0.29) is 5.91 Å². The van der Waals surface area contributed by atoms with Gasteiger partial charge in [-0.25, -0.2) is 0 Å². The highest BCUT2D eigenvalue weighted by Gasteiger charge is 2.21. The zero-order chi connectivity index (χ0) is 17.4. The molecule has 3 aromatic rings. The number of hydrogen-bond donors (Lipinski definition) is 0. The highest BCUT2D eigenvalue weighted by atomic mass is 32.1. The number of carbonyl (C=O) groups excluding carboxylic acids is 1. The molecule has 1 heterocycles. The Labute approximate surface area is 151 Å². The second kappa shape index (κ2) is 6.45. The van der Waals surface area contributed by atoms with Gasteiger partial charge in [0.2, 0.25) is 0 Å². The molecule has 0 saturated heterocycles. The minimum absolute atomic E-state index is 0.172. The summed E-state index contributed by atoms with van der Waals surface area (Å²) in [6.45, 7) is 4.93. The summed E-state index contributed by atoms with van der Waals surface area (Å²) in [5.74, 6) is -0.172. The maximum atomic E-state index is 12.6. The highest BCUT2D eigenvalue weighted by molar-refractivity contribution is 7.09. The number of aromatic nitrogens is 1. The van der Waals surface area contributed by atoms with E-state index >= 15 is 0 Å². The summed E-state index contributed by atoms with van der Waals surface area (Å²) >= 11 is 1.65. The van der Waals surface area contributed by atoms with Gasteiger partial charge in [-0.2, -0.15) is 4.99 Å². The fraction of sp³-hybridized carbons (Fsp3) is 0.238. The van der Waals surface area contributed by atoms with Crippen LogP contribution in [0.25, 0.3) is 11.3 Å². The van der Waals surface area contributed by atoms with Gasteiger partial charge in [-0.3, -0.25) is 4.79 Å². The number of fused-ring (bicyclic) bond motifs is 3. The standard InChI is InChI=1S/C21H20N2OS/c1-3-23-19-17-7-5-4-6-15(17)12-13-18(19)25-21(23)22-20(24)16-10-8-14(2)9-11-16/h4-11H,3,12-13H2,1-2H3. The predicted molar refractivity (Wildman–Crippen MR) is 102 cm³/mol. The summed E-state index contributed by atoms with van der Waals surface area (Å²) in [5, 5.41) is 0. The lowest BCUT2D eigenvalue weighted by molar-refractivity contribution is 0.0998. The van der Waals surface area contributed by atoms with Crippen LogP contribution < -0.4 is 4.80 Å². The fourth-order valence-corrected chi connectivity index (χ4v) is 4.57. The van der Waals surface area contributed by atoms with E-state index in [0.29, 0.717) is 5.56 Å². The van der Waals surface area contributed by atoms with Crippen LogP contribution in [0.15, 0.2) is 53.5 Å². The molecule has 126 valence electrons. The topological polar surface area (TPSA) is 34.4 Å². The fourth-order valence-electron chi connectivity index (χ4n) is 3.37. The van der Waals surface area contributed by atoms with Crippen LogP contribution >= 0.6 is 11.3 Å². The van der Waals surface area contributed by atoms with Crippen molar-refractivity contribution >= 4 is 17.2 Å². The molecule has 1 aliphatic rings. The van der Waals surface area contributed by atoms with E-state index in [0.717, 1.165) is 29.8 Å². The molecule has 0 N–H and O–H groups in total. The zero-order valence-corrected chi connectivity index (χ0v) is 15.3. The Balaban J connectivity index is 1.84. The summed E-state index contributed by atoms with van der Waals surface area (Å²) in [6.07, 6.45) is 2.07. The quantitative estimate of drug-likeness (QED) is 0.676. The van der Waals surface area contributed by atoms with Crippen molar-refractivity contribution in [3.05, 3.63) is 74.9 Å². The summed E-state index contributed by atoms with van der Waals surface area (Å²) in [5.41, 5.74) is 5.69. The van der Waals surface area contributed by atoms with E-state index in [2.05, 4.69) is 40.7 Å². The van der Waals surface area contributed by atoms with Crippen LogP contribution in [0.1, 0.15) is 33.3 Å². The third-order valence-corrected chi connectivity index (χ3v) is 5.82. The van der Waals surface area contributed by atoms with E-state index in [1.54, 1.807) is 11.3 Å². The average molecular weight is 348 g/mol. The SMILES string of the molecule is CCn1c2c(sc1=NC(=O)c1ccc(C)cc1)CCc1ccccc1-2. The molecule has 1 aromatic heterocycles. The van der Waals surface area contributed by atoms with Gasteiger partial charge in [0.05, 0.1) is 5.69 Å². The molecule has 3 nitrogen and oxygen atoms in total. The van der Waals surface area contributed by atoms with E-state index < -0.39 is 0 Å². The summed E-state index contributed by atoms with van der Waals surface area (Å²) in [6, 6.07) is 16.2. The molecule has 0 aliphatic heterocycles. The molecule has 0 unspecified atom stereocenters. The average Bonchev–Trinajstić information content (AvgIpc) is 2.99. The molecule has 0 fully saturated rings. The van der Waals surface area contributed by atoms with Crippen LogP contribution in [-0.4, -0.2) is 10.5 Å². The number of benzene rings is 2. The van der Waals surface area contributed by atoms with Crippen molar-refractivity contribution in [1.82, 2.24) is 4.57 Å². The number of carbonyl (C=O) groups is 1. The van der Waals surface area contributed by atoms with Gasteiger partial charge in [0, 0.05) is 22.5 Å². The van der Waals surface area contributed by atoms with Crippen molar-refractivity contribution in [3.63, 3.8) is 0 Å². The second-order valence-electron chi connectivity index (χ2n) is 6.34.